The maximum Gasteiger partial charge on any atom is 0.242 e. The van der Waals surface area contributed by atoms with Gasteiger partial charge in [-0.05, 0) is 25.6 Å². The van der Waals surface area contributed by atoms with Gasteiger partial charge in [0.05, 0.1) is 0 Å². The molecule has 8 heteroatoms. The monoisotopic (exact) mass is 373 g/mol. The van der Waals surface area contributed by atoms with Crippen molar-refractivity contribution in [3.63, 3.8) is 0 Å². The molecule has 2 heterocycles. The van der Waals surface area contributed by atoms with Crippen molar-refractivity contribution in [1.82, 2.24) is 24.6 Å². The van der Waals surface area contributed by atoms with Crippen LogP contribution in [0.1, 0.15) is 18.9 Å². The van der Waals surface area contributed by atoms with E-state index in [1.807, 2.05) is 31.2 Å². The van der Waals surface area contributed by atoms with Crippen molar-refractivity contribution in [2.45, 2.75) is 26.8 Å². The topological polar surface area (TPSA) is 74.2 Å². The third kappa shape index (κ3) is 4.01. The third-order valence-electron chi connectivity index (χ3n) is 4.66. The van der Waals surface area contributed by atoms with E-state index in [0.717, 1.165) is 17.5 Å². The van der Waals surface area contributed by atoms with E-state index in [1.54, 1.807) is 21.3 Å². The fourth-order valence-corrected chi connectivity index (χ4v) is 3.30. The Labute approximate surface area is 157 Å². The number of carbonyl (C=O) groups excluding carboxylic acids is 2. The molecule has 26 heavy (non-hydrogen) atoms. The van der Waals surface area contributed by atoms with Crippen LogP contribution in [-0.2, 0) is 16.1 Å². The number of hydrogen-bond acceptors (Lipinski definition) is 4. The van der Waals surface area contributed by atoms with Crippen LogP contribution in [0.4, 0.5) is 0 Å². The lowest BCUT2D eigenvalue weighted by molar-refractivity contribution is -0.133. The van der Waals surface area contributed by atoms with E-state index in [4.69, 9.17) is 12.2 Å². The van der Waals surface area contributed by atoms with E-state index >= 15 is 0 Å². The summed E-state index contributed by atoms with van der Waals surface area (Å²) in [6, 6.07) is 7.95. The molecule has 1 saturated heterocycles. The van der Waals surface area contributed by atoms with Crippen molar-refractivity contribution in [2.75, 3.05) is 26.2 Å². The van der Waals surface area contributed by atoms with E-state index in [1.165, 1.54) is 0 Å². The first-order valence-electron chi connectivity index (χ1n) is 8.71. The lowest BCUT2D eigenvalue weighted by Crippen LogP contribution is -2.38. The summed E-state index contributed by atoms with van der Waals surface area (Å²) in [5.74, 6) is 0.697. The summed E-state index contributed by atoms with van der Waals surface area (Å²) in [5, 5.41) is 7.07. The molecule has 0 unspecified atom stereocenters. The zero-order valence-corrected chi connectivity index (χ0v) is 15.9. The molecule has 1 aromatic carbocycles. The van der Waals surface area contributed by atoms with Gasteiger partial charge in [0.1, 0.15) is 6.54 Å². The minimum absolute atomic E-state index is 0.0127. The Bertz CT molecular complexity index is 855. The number of aromatic nitrogens is 3. The fraction of sp³-hybridized carbons (Fsp3) is 0.444. The van der Waals surface area contributed by atoms with Crippen molar-refractivity contribution in [3.8, 4) is 11.4 Å². The highest BCUT2D eigenvalue weighted by atomic mass is 32.1. The Morgan fingerprint density at radius 1 is 1.12 bits per heavy atom. The molecule has 0 radical (unpaired) electrons. The fourth-order valence-electron chi connectivity index (χ4n) is 3.10. The quantitative estimate of drug-likeness (QED) is 0.835. The number of amides is 2. The third-order valence-corrected chi connectivity index (χ3v) is 4.97. The van der Waals surface area contributed by atoms with Crippen LogP contribution >= 0.6 is 12.2 Å². The molecule has 7 nitrogen and oxygen atoms in total. The van der Waals surface area contributed by atoms with Gasteiger partial charge in [0, 0.05) is 38.7 Å². The Morgan fingerprint density at radius 3 is 2.46 bits per heavy atom. The number of nitrogens with zero attached hydrogens (tertiary/aromatic N) is 4. The number of aryl methyl sites for hydroxylation is 1. The van der Waals surface area contributed by atoms with E-state index in [0.29, 0.717) is 36.8 Å². The second-order valence-corrected chi connectivity index (χ2v) is 6.93. The molecule has 0 saturated carbocycles. The van der Waals surface area contributed by atoms with E-state index in [9.17, 15) is 9.59 Å². The zero-order valence-electron chi connectivity index (χ0n) is 15.1. The van der Waals surface area contributed by atoms with Gasteiger partial charge in [0.25, 0.3) is 0 Å². The molecule has 1 aromatic heterocycles. The van der Waals surface area contributed by atoms with Gasteiger partial charge in [-0.1, -0.05) is 29.8 Å². The molecule has 2 amide bonds. The first kappa shape index (κ1) is 18.3. The molecule has 0 spiro atoms. The van der Waals surface area contributed by atoms with Crippen LogP contribution in [0.3, 0.4) is 0 Å². The second kappa shape index (κ2) is 7.82. The number of benzene rings is 1. The average Bonchev–Trinajstić information content (AvgIpc) is 2.84. The summed E-state index contributed by atoms with van der Waals surface area (Å²) in [6.07, 6.45) is 0.785. The van der Waals surface area contributed by atoms with Crippen LogP contribution in [0.25, 0.3) is 11.4 Å². The number of carbonyl (C=O) groups is 2. The summed E-state index contributed by atoms with van der Waals surface area (Å²) in [7, 11) is 0. The van der Waals surface area contributed by atoms with Crippen LogP contribution in [0.5, 0.6) is 0 Å². The van der Waals surface area contributed by atoms with Gasteiger partial charge in [0.15, 0.2) is 10.6 Å². The highest BCUT2D eigenvalue weighted by Gasteiger charge is 2.22. The highest BCUT2D eigenvalue weighted by molar-refractivity contribution is 7.71. The van der Waals surface area contributed by atoms with Gasteiger partial charge in [-0.3, -0.25) is 19.3 Å². The maximum absolute atomic E-state index is 12.8. The number of nitrogens with one attached hydrogen (secondary N) is 1. The Kier molecular flexibility index (Phi) is 5.51. The summed E-state index contributed by atoms with van der Waals surface area (Å²) in [5.41, 5.74) is 2.07. The summed E-state index contributed by atoms with van der Waals surface area (Å²) in [4.78, 5) is 27.9. The van der Waals surface area contributed by atoms with Gasteiger partial charge >= 0.3 is 0 Å². The molecule has 1 fully saturated rings. The SMILES string of the molecule is CC(=O)N1CCCN(C(=O)Cn2c(-c3ccc(C)cc3)n[nH]c2=S)CC1. The predicted octanol–water partition coefficient (Wildman–Crippen LogP) is 2.00. The van der Waals surface area contributed by atoms with Gasteiger partial charge < -0.3 is 9.80 Å². The van der Waals surface area contributed by atoms with Gasteiger partial charge in [-0.25, -0.2) is 0 Å². The second-order valence-electron chi connectivity index (χ2n) is 6.54. The molecule has 0 atom stereocenters. The summed E-state index contributed by atoms with van der Waals surface area (Å²) < 4.78 is 2.16. The molecule has 138 valence electrons. The standard InChI is InChI=1S/C18H23N5O2S/c1-13-4-6-15(7-5-13)17-19-20-18(26)23(17)12-16(25)22-9-3-8-21(10-11-22)14(2)24/h4-7H,3,8-12H2,1-2H3,(H,20,26). The average molecular weight is 373 g/mol. The zero-order chi connectivity index (χ0) is 18.7. The van der Waals surface area contributed by atoms with Crippen LogP contribution in [0.2, 0.25) is 0 Å². The molecule has 0 aliphatic carbocycles. The van der Waals surface area contributed by atoms with Crippen molar-refractivity contribution in [2.24, 2.45) is 0 Å². The van der Waals surface area contributed by atoms with Gasteiger partial charge in [-0.15, -0.1) is 0 Å². The molecule has 2 aromatic rings. The van der Waals surface area contributed by atoms with Crippen LogP contribution in [-0.4, -0.2) is 62.6 Å². The number of H-pyrrole nitrogens is 1. The lowest BCUT2D eigenvalue weighted by atomic mass is 10.1. The molecule has 1 aliphatic heterocycles. The normalized spacial score (nSPS) is 15.0. The van der Waals surface area contributed by atoms with Crippen LogP contribution in [0.15, 0.2) is 24.3 Å². The molecular weight excluding hydrogens is 350 g/mol. The number of hydrogen-bond donors (Lipinski definition) is 1. The van der Waals surface area contributed by atoms with Crippen LogP contribution < -0.4 is 0 Å². The molecule has 1 aliphatic rings. The van der Waals surface area contributed by atoms with Gasteiger partial charge in [0.2, 0.25) is 11.8 Å². The van der Waals surface area contributed by atoms with E-state index < -0.39 is 0 Å². The van der Waals surface area contributed by atoms with E-state index in [-0.39, 0.29) is 18.4 Å². The number of aromatic amines is 1. The predicted molar refractivity (Wildman–Crippen MR) is 101 cm³/mol. The largest absolute Gasteiger partial charge is 0.341 e. The van der Waals surface area contributed by atoms with Crippen molar-refractivity contribution >= 4 is 24.0 Å². The highest BCUT2D eigenvalue weighted by Crippen LogP contribution is 2.18. The Balaban J connectivity index is 1.76. The smallest absolute Gasteiger partial charge is 0.242 e. The summed E-state index contributed by atoms with van der Waals surface area (Å²) in [6.45, 7) is 6.18. The molecule has 1 N–H and O–H groups in total. The Morgan fingerprint density at radius 2 is 1.77 bits per heavy atom. The van der Waals surface area contributed by atoms with Crippen LogP contribution in [0, 0.1) is 11.7 Å². The molecule has 3 rings (SSSR count). The lowest BCUT2D eigenvalue weighted by Gasteiger charge is -2.21. The van der Waals surface area contributed by atoms with Crippen molar-refractivity contribution in [1.29, 1.82) is 0 Å². The molecule has 0 bridgehead atoms. The molecular formula is C18H23N5O2S. The maximum atomic E-state index is 12.8. The van der Waals surface area contributed by atoms with Gasteiger partial charge in [-0.2, -0.15) is 5.10 Å². The first-order valence-corrected chi connectivity index (χ1v) is 9.12. The minimum atomic E-state index is -0.0127. The minimum Gasteiger partial charge on any atom is -0.341 e. The first-order chi connectivity index (χ1) is 12.5. The van der Waals surface area contributed by atoms with Crippen molar-refractivity contribution < 1.29 is 9.59 Å². The van der Waals surface area contributed by atoms with Crippen molar-refractivity contribution in [3.05, 3.63) is 34.6 Å². The number of rotatable bonds is 3. The van der Waals surface area contributed by atoms with E-state index in [2.05, 4.69) is 10.2 Å². The summed E-state index contributed by atoms with van der Waals surface area (Å²) >= 11 is 5.32. The Hall–Kier alpha value is -2.48.